The van der Waals surface area contributed by atoms with Gasteiger partial charge in [0.05, 0.1) is 18.9 Å². The van der Waals surface area contributed by atoms with Crippen LogP contribution >= 0.6 is 0 Å². The number of hydrogen-bond acceptors (Lipinski definition) is 6. The molecule has 1 aromatic rings. The zero-order chi connectivity index (χ0) is 11.7. The van der Waals surface area contributed by atoms with Gasteiger partial charge in [-0.3, -0.25) is 0 Å². The molecule has 0 saturated carbocycles. The molecule has 2 aliphatic rings. The first-order chi connectivity index (χ1) is 8.38. The van der Waals surface area contributed by atoms with Gasteiger partial charge in [0, 0.05) is 25.1 Å². The number of rotatable bonds is 2. The molecule has 1 aromatic heterocycles. The third-order valence-electron chi connectivity index (χ3n) is 3.34. The highest BCUT2D eigenvalue weighted by Crippen LogP contribution is 2.25. The Hall–Kier alpha value is -1.40. The Morgan fingerprint density at radius 3 is 2.82 bits per heavy atom. The number of hydrogen-bond donors (Lipinski definition) is 2. The first-order valence-electron chi connectivity index (χ1n) is 6.07. The lowest BCUT2D eigenvalue weighted by Gasteiger charge is -2.22. The highest BCUT2D eigenvalue weighted by Gasteiger charge is 2.21. The Morgan fingerprint density at radius 1 is 1.24 bits per heavy atom. The molecule has 0 bridgehead atoms. The van der Waals surface area contributed by atoms with Crippen molar-refractivity contribution in [1.82, 2.24) is 9.97 Å². The van der Waals surface area contributed by atoms with Gasteiger partial charge < -0.3 is 15.1 Å². The second-order valence-electron chi connectivity index (χ2n) is 4.44. The van der Waals surface area contributed by atoms with Crippen LogP contribution in [0.2, 0.25) is 0 Å². The second kappa shape index (κ2) is 4.46. The van der Waals surface area contributed by atoms with Gasteiger partial charge >= 0.3 is 0 Å². The van der Waals surface area contributed by atoms with Crippen molar-refractivity contribution < 1.29 is 4.74 Å². The summed E-state index contributed by atoms with van der Waals surface area (Å²) in [6.07, 6.45) is 3.28. The second-order valence-corrected chi connectivity index (χ2v) is 4.44. The molecule has 92 valence electrons. The van der Waals surface area contributed by atoms with Gasteiger partial charge in [0.15, 0.2) is 5.82 Å². The van der Waals surface area contributed by atoms with Crippen molar-refractivity contribution in [3.63, 3.8) is 0 Å². The van der Waals surface area contributed by atoms with E-state index in [4.69, 9.17) is 10.6 Å². The predicted molar refractivity (Wildman–Crippen MR) is 64.6 cm³/mol. The van der Waals surface area contributed by atoms with Crippen molar-refractivity contribution in [2.45, 2.75) is 25.9 Å². The molecular formula is C11H17N5O. The molecule has 1 saturated heterocycles. The van der Waals surface area contributed by atoms with Crippen LogP contribution in [-0.4, -0.2) is 29.7 Å². The van der Waals surface area contributed by atoms with E-state index in [0.717, 1.165) is 43.3 Å². The molecule has 3 rings (SSSR count). The van der Waals surface area contributed by atoms with Crippen LogP contribution in [0.25, 0.3) is 0 Å². The molecule has 2 aliphatic heterocycles. The standard InChI is InChI=1S/C11H17N5O/c12-15-10-8-7-17-6-3-9(8)13-11(14-10)16-4-1-2-5-16/h1-7,12H2,(H,13,14,15). The molecule has 6 heteroatoms. The average Bonchev–Trinajstić information content (AvgIpc) is 2.91. The number of fused-ring (bicyclic) bond motifs is 1. The minimum Gasteiger partial charge on any atom is -0.376 e. The van der Waals surface area contributed by atoms with Gasteiger partial charge in [-0.25, -0.2) is 10.8 Å². The molecule has 3 N–H and O–H groups in total. The van der Waals surface area contributed by atoms with Crippen LogP contribution in [0, 0.1) is 0 Å². The van der Waals surface area contributed by atoms with Crippen LogP contribution in [0.3, 0.4) is 0 Å². The number of aromatic nitrogens is 2. The van der Waals surface area contributed by atoms with Crippen LogP contribution < -0.4 is 16.2 Å². The first-order valence-corrected chi connectivity index (χ1v) is 6.07. The molecule has 0 spiro atoms. The van der Waals surface area contributed by atoms with Crippen molar-refractivity contribution in [3.05, 3.63) is 11.3 Å². The number of ether oxygens (including phenoxy) is 1. The number of nitrogen functional groups attached to an aromatic ring is 1. The van der Waals surface area contributed by atoms with Gasteiger partial charge in [-0.2, -0.15) is 4.98 Å². The number of nitrogens with zero attached hydrogens (tertiary/aromatic N) is 3. The van der Waals surface area contributed by atoms with Crippen LogP contribution in [0.1, 0.15) is 24.1 Å². The Bertz CT molecular complexity index is 399. The van der Waals surface area contributed by atoms with Crippen molar-refractivity contribution in [1.29, 1.82) is 0 Å². The van der Waals surface area contributed by atoms with Gasteiger partial charge in [0.2, 0.25) is 5.95 Å². The van der Waals surface area contributed by atoms with Crippen LogP contribution in [-0.2, 0) is 17.8 Å². The van der Waals surface area contributed by atoms with Gasteiger partial charge in [-0.1, -0.05) is 0 Å². The molecule has 1 fully saturated rings. The average molecular weight is 235 g/mol. The lowest BCUT2D eigenvalue weighted by Crippen LogP contribution is -2.25. The highest BCUT2D eigenvalue weighted by atomic mass is 16.5. The summed E-state index contributed by atoms with van der Waals surface area (Å²) >= 11 is 0. The van der Waals surface area contributed by atoms with E-state index in [2.05, 4.69) is 20.3 Å². The number of hydrazine groups is 1. The molecule has 0 amide bonds. The summed E-state index contributed by atoms with van der Waals surface area (Å²) in [6, 6.07) is 0. The molecular weight excluding hydrogens is 218 g/mol. The van der Waals surface area contributed by atoms with E-state index in [0.29, 0.717) is 12.4 Å². The summed E-state index contributed by atoms with van der Waals surface area (Å²) in [4.78, 5) is 11.3. The molecule has 0 unspecified atom stereocenters. The predicted octanol–water partition coefficient (Wildman–Crippen LogP) is 0.435. The van der Waals surface area contributed by atoms with E-state index >= 15 is 0 Å². The fraction of sp³-hybridized carbons (Fsp3) is 0.636. The molecule has 6 nitrogen and oxygen atoms in total. The highest BCUT2D eigenvalue weighted by molar-refractivity contribution is 5.51. The van der Waals surface area contributed by atoms with Crippen molar-refractivity contribution in [3.8, 4) is 0 Å². The maximum absolute atomic E-state index is 5.53. The number of nitrogens with one attached hydrogen (secondary N) is 1. The molecule has 0 aliphatic carbocycles. The lowest BCUT2D eigenvalue weighted by molar-refractivity contribution is 0.109. The Balaban J connectivity index is 1.99. The maximum atomic E-state index is 5.53. The van der Waals surface area contributed by atoms with E-state index in [1.54, 1.807) is 0 Å². The minimum atomic E-state index is 0.551. The Morgan fingerprint density at radius 2 is 2.06 bits per heavy atom. The van der Waals surface area contributed by atoms with Crippen LogP contribution in [0.4, 0.5) is 11.8 Å². The third-order valence-corrected chi connectivity index (χ3v) is 3.34. The largest absolute Gasteiger partial charge is 0.376 e. The normalized spacial score (nSPS) is 19.2. The quantitative estimate of drug-likeness (QED) is 0.572. The topological polar surface area (TPSA) is 76.3 Å². The minimum absolute atomic E-state index is 0.551. The summed E-state index contributed by atoms with van der Waals surface area (Å²) in [7, 11) is 0. The molecule has 0 aromatic carbocycles. The molecule has 0 atom stereocenters. The molecule has 3 heterocycles. The van der Waals surface area contributed by atoms with E-state index < -0.39 is 0 Å². The van der Waals surface area contributed by atoms with E-state index in [9.17, 15) is 0 Å². The summed E-state index contributed by atoms with van der Waals surface area (Å²) in [5.41, 5.74) is 4.73. The first kappa shape index (κ1) is 10.7. The lowest BCUT2D eigenvalue weighted by atomic mass is 10.1. The summed E-state index contributed by atoms with van der Waals surface area (Å²) < 4.78 is 5.41. The Kier molecular flexibility index (Phi) is 2.82. The Labute approximate surface area is 100 Å². The maximum Gasteiger partial charge on any atom is 0.227 e. The van der Waals surface area contributed by atoms with E-state index in [1.165, 1.54) is 12.8 Å². The fourth-order valence-electron chi connectivity index (χ4n) is 2.40. The van der Waals surface area contributed by atoms with Crippen LogP contribution in [0.15, 0.2) is 0 Å². The SMILES string of the molecule is NNc1nc(N2CCCC2)nc2c1COCC2. The van der Waals surface area contributed by atoms with Crippen LogP contribution in [0.5, 0.6) is 0 Å². The smallest absolute Gasteiger partial charge is 0.227 e. The van der Waals surface area contributed by atoms with Crippen molar-refractivity contribution in [2.75, 3.05) is 30.0 Å². The van der Waals surface area contributed by atoms with Gasteiger partial charge in [-0.05, 0) is 12.8 Å². The zero-order valence-electron chi connectivity index (χ0n) is 9.78. The summed E-state index contributed by atoms with van der Waals surface area (Å²) in [6.45, 7) is 3.36. The van der Waals surface area contributed by atoms with Gasteiger partial charge in [0.25, 0.3) is 0 Å². The molecule has 0 radical (unpaired) electrons. The zero-order valence-corrected chi connectivity index (χ0v) is 9.78. The number of nitrogens with two attached hydrogens (primary N) is 1. The van der Waals surface area contributed by atoms with Crippen molar-refractivity contribution in [2.24, 2.45) is 5.84 Å². The van der Waals surface area contributed by atoms with Gasteiger partial charge in [-0.15, -0.1) is 0 Å². The molecule has 17 heavy (non-hydrogen) atoms. The summed E-state index contributed by atoms with van der Waals surface area (Å²) in [5.74, 6) is 7.03. The fourth-order valence-corrected chi connectivity index (χ4v) is 2.40. The summed E-state index contributed by atoms with van der Waals surface area (Å²) in [5, 5.41) is 0. The van der Waals surface area contributed by atoms with Gasteiger partial charge in [0.1, 0.15) is 0 Å². The number of anilines is 2. The van der Waals surface area contributed by atoms with Crippen molar-refractivity contribution >= 4 is 11.8 Å². The van der Waals surface area contributed by atoms with E-state index in [1.807, 2.05) is 0 Å². The third kappa shape index (κ3) is 1.94. The van der Waals surface area contributed by atoms with E-state index in [-0.39, 0.29) is 0 Å². The monoisotopic (exact) mass is 235 g/mol.